The van der Waals surface area contributed by atoms with E-state index in [1.54, 1.807) is 0 Å². The number of carbonyl (C=O) groups is 1. The molecule has 0 aliphatic carbocycles. The van der Waals surface area contributed by atoms with Crippen molar-refractivity contribution < 1.29 is 9.00 Å². The van der Waals surface area contributed by atoms with Crippen LogP contribution in [0.5, 0.6) is 0 Å². The van der Waals surface area contributed by atoms with E-state index >= 15 is 0 Å². The SMILES string of the molecule is O=C(Cc1cccc2ccccc12)C1CC2CCCC(C1)S2=O. The first-order valence-corrected chi connectivity index (χ1v) is 9.88. The molecule has 3 heteroatoms. The van der Waals surface area contributed by atoms with Crippen molar-refractivity contribution in [2.75, 3.05) is 0 Å². The summed E-state index contributed by atoms with van der Waals surface area (Å²) in [7, 11) is -0.694. The second-order valence-electron chi connectivity index (χ2n) is 6.95. The van der Waals surface area contributed by atoms with Gasteiger partial charge in [-0.3, -0.25) is 9.00 Å². The molecule has 4 rings (SSSR count). The van der Waals surface area contributed by atoms with Crippen LogP contribution in [0.4, 0.5) is 0 Å². The largest absolute Gasteiger partial charge is 0.299 e. The Morgan fingerprint density at radius 3 is 2.48 bits per heavy atom. The van der Waals surface area contributed by atoms with E-state index in [0.717, 1.165) is 31.2 Å². The van der Waals surface area contributed by atoms with Gasteiger partial charge in [-0.1, -0.05) is 48.9 Å². The molecule has 2 nitrogen and oxygen atoms in total. The van der Waals surface area contributed by atoms with Crippen LogP contribution in [0.15, 0.2) is 42.5 Å². The summed E-state index contributed by atoms with van der Waals surface area (Å²) < 4.78 is 12.3. The Morgan fingerprint density at radius 1 is 1.00 bits per heavy atom. The highest BCUT2D eigenvalue weighted by atomic mass is 32.2. The number of Topliss-reactive ketones (excluding diaryl/α,β-unsaturated/α-hetero) is 1. The Kier molecular flexibility index (Phi) is 4.06. The fraction of sp³-hybridized carbons (Fsp3) is 0.450. The summed E-state index contributed by atoms with van der Waals surface area (Å²) in [4.78, 5) is 12.9. The zero-order chi connectivity index (χ0) is 15.8. The van der Waals surface area contributed by atoms with Gasteiger partial charge in [0.1, 0.15) is 5.78 Å². The van der Waals surface area contributed by atoms with E-state index < -0.39 is 10.8 Å². The molecule has 2 aliphatic rings. The van der Waals surface area contributed by atoms with Crippen LogP contribution in [0, 0.1) is 5.92 Å². The molecular weight excluding hydrogens is 304 g/mol. The van der Waals surface area contributed by atoms with Crippen molar-refractivity contribution in [3.63, 3.8) is 0 Å². The Balaban J connectivity index is 1.55. The summed E-state index contributed by atoms with van der Waals surface area (Å²) >= 11 is 0. The first-order chi connectivity index (χ1) is 11.2. The molecule has 2 saturated heterocycles. The quantitative estimate of drug-likeness (QED) is 0.853. The molecule has 2 bridgehead atoms. The van der Waals surface area contributed by atoms with Crippen molar-refractivity contribution >= 4 is 27.4 Å². The monoisotopic (exact) mass is 326 g/mol. The molecule has 2 aromatic rings. The molecule has 0 spiro atoms. The lowest BCUT2D eigenvalue weighted by Gasteiger charge is -2.37. The average molecular weight is 326 g/mol. The van der Waals surface area contributed by atoms with Crippen molar-refractivity contribution in [3.05, 3.63) is 48.0 Å². The lowest BCUT2D eigenvalue weighted by molar-refractivity contribution is -0.122. The molecule has 2 aliphatic heterocycles. The smallest absolute Gasteiger partial charge is 0.140 e. The summed E-state index contributed by atoms with van der Waals surface area (Å²) in [6, 6.07) is 14.5. The van der Waals surface area contributed by atoms with Crippen LogP contribution in [0.25, 0.3) is 10.8 Å². The van der Waals surface area contributed by atoms with Gasteiger partial charge in [0, 0.05) is 33.6 Å². The van der Waals surface area contributed by atoms with Crippen molar-refractivity contribution in [2.24, 2.45) is 5.92 Å². The van der Waals surface area contributed by atoms with Gasteiger partial charge in [-0.05, 0) is 42.0 Å². The van der Waals surface area contributed by atoms with Gasteiger partial charge in [-0.2, -0.15) is 0 Å². The molecule has 0 radical (unpaired) electrons. The predicted octanol–water partition coefficient (Wildman–Crippen LogP) is 4.03. The molecular formula is C20H22O2S. The number of carbonyl (C=O) groups excluding carboxylic acids is 1. The third kappa shape index (κ3) is 2.87. The number of benzene rings is 2. The molecule has 0 saturated carbocycles. The molecule has 0 N–H and O–H groups in total. The summed E-state index contributed by atoms with van der Waals surface area (Å²) in [6.07, 6.45) is 5.46. The summed E-state index contributed by atoms with van der Waals surface area (Å²) in [6.45, 7) is 0. The number of ketones is 1. The second kappa shape index (κ2) is 6.20. The fourth-order valence-electron chi connectivity index (χ4n) is 4.28. The lowest BCUT2D eigenvalue weighted by Crippen LogP contribution is -2.41. The second-order valence-corrected chi connectivity index (χ2v) is 8.94. The third-order valence-corrected chi connectivity index (χ3v) is 7.67. The molecule has 0 amide bonds. The van der Waals surface area contributed by atoms with Gasteiger partial charge >= 0.3 is 0 Å². The molecule has 120 valence electrons. The fourth-order valence-corrected chi connectivity index (χ4v) is 6.46. The molecule has 23 heavy (non-hydrogen) atoms. The van der Waals surface area contributed by atoms with Crippen LogP contribution in [0.1, 0.15) is 37.7 Å². The highest BCUT2D eigenvalue weighted by Crippen LogP contribution is 2.37. The summed E-state index contributed by atoms with van der Waals surface area (Å²) in [5.41, 5.74) is 1.13. The van der Waals surface area contributed by atoms with Crippen molar-refractivity contribution in [1.29, 1.82) is 0 Å². The molecule has 2 aromatic carbocycles. The number of hydrogen-bond donors (Lipinski definition) is 0. The maximum atomic E-state index is 12.9. The molecule has 2 atom stereocenters. The Bertz CT molecular complexity index is 746. The minimum atomic E-state index is -0.694. The third-order valence-electron chi connectivity index (χ3n) is 5.50. The van der Waals surface area contributed by atoms with Gasteiger partial charge in [-0.15, -0.1) is 0 Å². The first-order valence-electron chi connectivity index (χ1n) is 8.61. The first kappa shape index (κ1) is 15.1. The number of rotatable bonds is 3. The van der Waals surface area contributed by atoms with E-state index in [0.29, 0.717) is 12.2 Å². The Labute approximate surface area is 139 Å². The van der Waals surface area contributed by atoms with Gasteiger partial charge in [-0.25, -0.2) is 0 Å². The van der Waals surface area contributed by atoms with Gasteiger partial charge < -0.3 is 0 Å². The van der Waals surface area contributed by atoms with Crippen LogP contribution in [0.3, 0.4) is 0 Å². The average Bonchev–Trinajstić information content (AvgIpc) is 2.55. The minimum absolute atomic E-state index is 0.113. The zero-order valence-corrected chi connectivity index (χ0v) is 14.1. The van der Waals surface area contributed by atoms with Crippen molar-refractivity contribution in [3.8, 4) is 0 Å². The summed E-state index contributed by atoms with van der Waals surface area (Å²) in [5, 5.41) is 2.91. The van der Waals surface area contributed by atoms with Gasteiger partial charge in [0.25, 0.3) is 0 Å². The van der Waals surface area contributed by atoms with Crippen LogP contribution in [0.2, 0.25) is 0 Å². The van der Waals surface area contributed by atoms with E-state index in [9.17, 15) is 9.00 Å². The maximum Gasteiger partial charge on any atom is 0.140 e. The Hall–Kier alpha value is -1.48. The standard InChI is InChI=1S/C20H22O2S/c21-20(16-11-17-8-4-9-18(12-16)23(17)22)13-15-7-3-6-14-5-1-2-10-19(14)15/h1-3,5-7,10,16-18H,4,8-9,11-13H2. The normalized spacial score (nSPS) is 30.3. The number of fused-ring (bicyclic) bond motifs is 3. The van der Waals surface area contributed by atoms with Gasteiger partial charge in [0.2, 0.25) is 0 Å². The summed E-state index contributed by atoms with van der Waals surface area (Å²) in [5.74, 6) is 0.455. The molecule has 2 heterocycles. The van der Waals surface area contributed by atoms with Crippen LogP contribution < -0.4 is 0 Å². The van der Waals surface area contributed by atoms with E-state index in [4.69, 9.17) is 0 Å². The topological polar surface area (TPSA) is 34.1 Å². The van der Waals surface area contributed by atoms with Crippen molar-refractivity contribution in [1.82, 2.24) is 0 Å². The molecule has 2 unspecified atom stereocenters. The van der Waals surface area contributed by atoms with E-state index in [-0.39, 0.29) is 16.4 Å². The van der Waals surface area contributed by atoms with Gasteiger partial charge in [0.05, 0.1) is 0 Å². The van der Waals surface area contributed by atoms with Crippen LogP contribution in [-0.4, -0.2) is 20.5 Å². The van der Waals surface area contributed by atoms with Gasteiger partial charge in [0.15, 0.2) is 0 Å². The van der Waals surface area contributed by atoms with E-state index in [2.05, 4.69) is 24.3 Å². The molecule has 0 aromatic heterocycles. The zero-order valence-electron chi connectivity index (χ0n) is 13.2. The highest BCUT2D eigenvalue weighted by Gasteiger charge is 2.40. The lowest BCUT2D eigenvalue weighted by atomic mass is 9.84. The predicted molar refractivity (Wildman–Crippen MR) is 95.0 cm³/mol. The van der Waals surface area contributed by atoms with Crippen LogP contribution >= 0.6 is 0 Å². The Morgan fingerprint density at radius 2 is 1.70 bits per heavy atom. The molecule has 2 fully saturated rings. The highest BCUT2D eigenvalue weighted by molar-refractivity contribution is 7.86. The number of hydrogen-bond acceptors (Lipinski definition) is 2. The van der Waals surface area contributed by atoms with Crippen molar-refractivity contribution in [2.45, 2.75) is 49.0 Å². The minimum Gasteiger partial charge on any atom is -0.299 e. The van der Waals surface area contributed by atoms with Crippen LogP contribution in [-0.2, 0) is 22.0 Å². The van der Waals surface area contributed by atoms with E-state index in [1.807, 2.05) is 18.2 Å². The maximum absolute atomic E-state index is 12.9. The van der Waals surface area contributed by atoms with E-state index in [1.165, 1.54) is 17.2 Å².